The third-order valence-corrected chi connectivity index (χ3v) is 14.3. The maximum Gasteiger partial charge on any atom is 0.261 e. The second-order valence-electron chi connectivity index (χ2n) is 14.0. The second-order valence-corrected chi connectivity index (χ2v) is 18.3. The smallest absolute Gasteiger partial charge is 0.261 e. The zero-order valence-corrected chi connectivity index (χ0v) is 30.4. The van der Waals surface area contributed by atoms with E-state index in [0.717, 1.165) is 17.7 Å². The summed E-state index contributed by atoms with van der Waals surface area (Å²) in [7, 11) is 0.584. The van der Waals surface area contributed by atoms with E-state index in [1.807, 2.05) is 42.5 Å². The second kappa shape index (κ2) is 16.4. The molecule has 0 aliphatic carbocycles. The summed E-state index contributed by atoms with van der Waals surface area (Å²) in [5, 5.41) is 2.28. The van der Waals surface area contributed by atoms with E-state index in [1.54, 1.807) is 14.2 Å². The Morgan fingerprint density at radius 3 is 1.88 bits per heavy atom. The predicted molar refractivity (Wildman–Crippen MR) is 194 cm³/mol. The standard InChI is InChI=1S/C41H52O6Si/c1-32(28-44-29-33-16-10-7-11-17-33)26-38-39(45-30-34-22-24-35(42-5)25-23-34)27-41(43-6,47-38)31-46-48(40(2,3)4,36-18-12-8-13-19-36)37-20-14-9-15-21-37/h7-25,32,38-39H,26-31H2,1-6H3/t32-,38-,39-,41+/m0/s1. The Labute approximate surface area is 288 Å². The first-order valence-electron chi connectivity index (χ1n) is 17.0. The van der Waals surface area contributed by atoms with Crippen molar-refractivity contribution in [2.24, 2.45) is 5.92 Å². The molecule has 0 N–H and O–H groups in total. The first kappa shape index (κ1) is 36.0. The Morgan fingerprint density at radius 1 is 0.771 bits per heavy atom. The van der Waals surface area contributed by atoms with Crippen LogP contribution in [0.15, 0.2) is 115 Å². The van der Waals surface area contributed by atoms with Crippen molar-refractivity contribution in [1.29, 1.82) is 0 Å². The lowest BCUT2D eigenvalue weighted by atomic mass is 9.99. The summed E-state index contributed by atoms with van der Waals surface area (Å²) in [4.78, 5) is 0. The van der Waals surface area contributed by atoms with Gasteiger partial charge in [-0.05, 0) is 51.0 Å². The molecule has 1 heterocycles. The van der Waals surface area contributed by atoms with Gasteiger partial charge in [0.1, 0.15) is 5.75 Å². The van der Waals surface area contributed by atoms with Gasteiger partial charge in [0.2, 0.25) is 0 Å². The van der Waals surface area contributed by atoms with Crippen molar-refractivity contribution < 1.29 is 28.1 Å². The molecule has 1 aliphatic rings. The van der Waals surface area contributed by atoms with Crippen LogP contribution in [-0.2, 0) is 36.6 Å². The molecule has 7 heteroatoms. The minimum absolute atomic E-state index is 0.169. The molecule has 0 radical (unpaired) electrons. The molecule has 0 amide bonds. The van der Waals surface area contributed by atoms with E-state index in [9.17, 15) is 0 Å². The molecular weight excluding hydrogens is 617 g/mol. The van der Waals surface area contributed by atoms with Crippen molar-refractivity contribution in [3.8, 4) is 5.75 Å². The first-order chi connectivity index (χ1) is 23.2. The fourth-order valence-electron chi connectivity index (χ4n) is 6.81. The fraction of sp³-hybridized carbons (Fsp3) is 0.415. The first-order valence-corrected chi connectivity index (χ1v) is 18.9. The molecule has 0 bridgehead atoms. The zero-order valence-electron chi connectivity index (χ0n) is 29.4. The summed E-state index contributed by atoms with van der Waals surface area (Å²) in [6, 6.07) is 39.7. The minimum Gasteiger partial charge on any atom is -0.497 e. The summed E-state index contributed by atoms with van der Waals surface area (Å²) >= 11 is 0. The van der Waals surface area contributed by atoms with Crippen LogP contribution in [0.5, 0.6) is 5.75 Å². The topological polar surface area (TPSA) is 55.4 Å². The zero-order chi connectivity index (χ0) is 34.0. The third-order valence-electron chi connectivity index (χ3n) is 9.36. The van der Waals surface area contributed by atoms with Crippen LogP contribution in [0.3, 0.4) is 0 Å². The number of benzene rings is 4. The van der Waals surface area contributed by atoms with Gasteiger partial charge in [-0.1, -0.05) is 131 Å². The number of rotatable bonds is 16. The summed E-state index contributed by atoms with van der Waals surface area (Å²) in [6.07, 6.45) is 0.944. The average molecular weight is 669 g/mol. The number of hydrogen-bond acceptors (Lipinski definition) is 6. The van der Waals surface area contributed by atoms with Gasteiger partial charge < -0.3 is 28.1 Å². The molecule has 4 aromatic rings. The van der Waals surface area contributed by atoms with Gasteiger partial charge in [-0.2, -0.15) is 0 Å². The van der Waals surface area contributed by atoms with Gasteiger partial charge in [0.05, 0.1) is 39.1 Å². The van der Waals surface area contributed by atoms with Crippen molar-refractivity contribution in [3.05, 3.63) is 126 Å². The van der Waals surface area contributed by atoms with Crippen molar-refractivity contribution in [3.63, 3.8) is 0 Å². The molecule has 4 aromatic carbocycles. The molecule has 256 valence electrons. The van der Waals surface area contributed by atoms with Crippen LogP contribution in [0.1, 0.15) is 51.7 Å². The monoisotopic (exact) mass is 668 g/mol. The van der Waals surface area contributed by atoms with Gasteiger partial charge in [0.25, 0.3) is 8.32 Å². The van der Waals surface area contributed by atoms with Crippen molar-refractivity contribution in [2.75, 3.05) is 27.4 Å². The summed E-state index contributed by atoms with van der Waals surface area (Å²) in [5.41, 5.74) is 2.24. The molecule has 6 nitrogen and oxygen atoms in total. The fourth-order valence-corrected chi connectivity index (χ4v) is 11.4. The average Bonchev–Trinajstić information content (AvgIpc) is 3.45. The molecule has 1 fully saturated rings. The highest BCUT2D eigenvalue weighted by Gasteiger charge is 2.54. The Balaban J connectivity index is 1.37. The van der Waals surface area contributed by atoms with E-state index in [1.165, 1.54) is 15.9 Å². The molecule has 4 atom stereocenters. The van der Waals surface area contributed by atoms with E-state index in [-0.39, 0.29) is 29.8 Å². The van der Waals surface area contributed by atoms with E-state index >= 15 is 0 Å². The van der Waals surface area contributed by atoms with Gasteiger partial charge in [0, 0.05) is 20.1 Å². The Morgan fingerprint density at radius 2 is 1.33 bits per heavy atom. The molecule has 0 spiro atoms. The van der Waals surface area contributed by atoms with Gasteiger partial charge in [-0.25, -0.2) is 0 Å². The minimum atomic E-state index is -2.82. The quantitative estimate of drug-likeness (QED) is 0.115. The summed E-state index contributed by atoms with van der Waals surface area (Å²) in [6.45, 7) is 11.0. The van der Waals surface area contributed by atoms with Gasteiger partial charge in [0.15, 0.2) is 5.79 Å². The summed E-state index contributed by atoms with van der Waals surface area (Å²) in [5.74, 6) is 0.104. The van der Waals surface area contributed by atoms with Gasteiger partial charge >= 0.3 is 0 Å². The maximum absolute atomic E-state index is 7.34. The van der Waals surface area contributed by atoms with Crippen LogP contribution in [0.4, 0.5) is 0 Å². The van der Waals surface area contributed by atoms with Crippen molar-refractivity contribution in [2.45, 2.75) is 76.8 Å². The molecular formula is C41H52O6Si. The van der Waals surface area contributed by atoms with Crippen LogP contribution >= 0.6 is 0 Å². The molecule has 1 saturated heterocycles. The molecule has 5 rings (SSSR count). The highest BCUT2D eigenvalue weighted by atomic mass is 28.4. The Hall–Kier alpha value is -3.30. The van der Waals surface area contributed by atoms with Crippen molar-refractivity contribution in [1.82, 2.24) is 0 Å². The lowest BCUT2D eigenvalue weighted by Crippen LogP contribution is -2.67. The number of methoxy groups -OCH3 is 2. The van der Waals surface area contributed by atoms with Crippen LogP contribution in [0, 0.1) is 5.92 Å². The van der Waals surface area contributed by atoms with Crippen LogP contribution in [0.2, 0.25) is 5.04 Å². The highest BCUT2D eigenvalue weighted by molar-refractivity contribution is 6.99. The largest absolute Gasteiger partial charge is 0.497 e. The normalized spacial score (nSPS) is 20.5. The highest BCUT2D eigenvalue weighted by Crippen LogP contribution is 2.41. The van der Waals surface area contributed by atoms with Gasteiger partial charge in [-0.15, -0.1) is 0 Å². The van der Waals surface area contributed by atoms with Crippen LogP contribution in [0.25, 0.3) is 0 Å². The maximum atomic E-state index is 7.34. The number of ether oxygens (including phenoxy) is 5. The molecule has 48 heavy (non-hydrogen) atoms. The van der Waals surface area contributed by atoms with E-state index < -0.39 is 14.1 Å². The SMILES string of the molecule is COc1ccc(CO[C@H]2C[C@@](CO[Si](c3ccccc3)(c3ccccc3)C(C)(C)C)(OC)O[C@H]2C[C@H](C)COCc2ccccc2)cc1. The van der Waals surface area contributed by atoms with Crippen LogP contribution in [-0.4, -0.2) is 53.7 Å². The predicted octanol–water partition coefficient (Wildman–Crippen LogP) is 7.53. The molecule has 0 aromatic heterocycles. The third kappa shape index (κ3) is 8.64. The van der Waals surface area contributed by atoms with Crippen molar-refractivity contribution >= 4 is 18.7 Å². The number of hydrogen-bond donors (Lipinski definition) is 0. The molecule has 0 unspecified atom stereocenters. The van der Waals surface area contributed by atoms with E-state index in [2.05, 4.69) is 100 Å². The van der Waals surface area contributed by atoms with Crippen LogP contribution < -0.4 is 15.1 Å². The Kier molecular flexibility index (Phi) is 12.3. The summed E-state index contributed by atoms with van der Waals surface area (Å²) < 4.78 is 38.7. The van der Waals surface area contributed by atoms with Gasteiger partial charge in [-0.3, -0.25) is 0 Å². The molecule has 1 aliphatic heterocycles. The molecule has 0 saturated carbocycles. The van der Waals surface area contributed by atoms with E-state index in [0.29, 0.717) is 26.2 Å². The Bertz CT molecular complexity index is 1470. The lowest BCUT2D eigenvalue weighted by Gasteiger charge is -2.44. The lowest BCUT2D eigenvalue weighted by molar-refractivity contribution is -0.230. The van der Waals surface area contributed by atoms with E-state index in [4.69, 9.17) is 28.1 Å².